The molecular formula is C25H25BrN2O3. The Labute approximate surface area is 191 Å². The summed E-state index contributed by atoms with van der Waals surface area (Å²) in [7, 11) is 0. The van der Waals surface area contributed by atoms with Gasteiger partial charge in [0.15, 0.2) is 6.61 Å². The highest BCUT2D eigenvalue weighted by molar-refractivity contribution is 9.10. The molecule has 0 radical (unpaired) electrons. The molecule has 3 aromatic carbocycles. The number of rotatable bonds is 8. The molecule has 5 nitrogen and oxygen atoms in total. The van der Waals surface area contributed by atoms with Crippen molar-refractivity contribution >= 4 is 33.4 Å². The first-order valence-electron chi connectivity index (χ1n) is 10.0. The molecule has 0 bridgehead atoms. The van der Waals surface area contributed by atoms with E-state index in [2.05, 4.69) is 26.6 Å². The summed E-state index contributed by atoms with van der Waals surface area (Å²) in [4.78, 5) is 25.1. The van der Waals surface area contributed by atoms with Crippen LogP contribution in [-0.4, -0.2) is 25.0 Å². The maximum Gasteiger partial charge on any atom is 0.262 e. The van der Waals surface area contributed by atoms with Gasteiger partial charge in [-0.05, 0) is 61.2 Å². The van der Waals surface area contributed by atoms with Crippen molar-refractivity contribution in [1.29, 1.82) is 0 Å². The lowest BCUT2D eigenvalue weighted by Gasteiger charge is -2.14. The Kier molecular flexibility index (Phi) is 7.84. The van der Waals surface area contributed by atoms with Crippen LogP contribution in [0.1, 0.15) is 27.0 Å². The molecule has 0 fully saturated rings. The fraction of sp³-hybridized carbons (Fsp3) is 0.200. The van der Waals surface area contributed by atoms with Crippen LogP contribution in [0.25, 0.3) is 0 Å². The number of nitrogens with one attached hydrogen (secondary N) is 2. The quantitative estimate of drug-likeness (QED) is 0.473. The van der Waals surface area contributed by atoms with Crippen molar-refractivity contribution in [2.24, 2.45) is 0 Å². The number of amides is 2. The molecule has 0 aliphatic rings. The fourth-order valence-corrected chi connectivity index (χ4v) is 3.99. The Hall–Kier alpha value is -3.12. The van der Waals surface area contributed by atoms with Crippen LogP contribution in [-0.2, 0) is 11.2 Å². The van der Waals surface area contributed by atoms with E-state index < -0.39 is 0 Å². The van der Waals surface area contributed by atoms with E-state index in [1.165, 1.54) is 0 Å². The Morgan fingerprint density at radius 1 is 0.935 bits per heavy atom. The lowest BCUT2D eigenvalue weighted by atomic mass is 10.1. The van der Waals surface area contributed by atoms with Gasteiger partial charge >= 0.3 is 0 Å². The molecule has 0 aliphatic carbocycles. The first kappa shape index (κ1) is 22.6. The Morgan fingerprint density at radius 3 is 2.29 bits per heavy atom. The number of carbonyl (C=O) groups excluding carboxylic acids is 2. The van der Waals surface area contributed by atoms with Crippen LogP contribution in [0.4, 0.5) is 5.69 Å². The molecule has 0 aliphatic heterocycles. The molecule has 0 heterocycles. The molecule has 0 saturated carbocycles. The molecule has 0 spiro atoms. The van der Waals surface area contributed by atoms with Gasteiger partial charge in [0.05, 0.1) is 11.3 Å². The molecule has 3 aromatic rings. The second-order valence-electron chi connectivity index (χ2n) is 7.24. The summed E-state index contributed by atoms with van der Waals surface area (Å²) in [5, 5.41) is 5.70. The third-order valence-electron chi connectivity index (χ3n) is 4.76. The smallest absolute Gasteiger partial charge is 0.262 e. The number of carbonyl (C=O) groups is 2. The van der Waals surface area contributed by atoms with E-state index >= 15 is 0 Å². The van der Waals surface area contributed by atoms with E-state index in [9.17, 15) is 9.59 Å². The summed E-state index contributed by atoms with van der Waals surface area (Å²) in [6.07, 6.45) is 0.737. The van der Waals surface area contributed by atoms with Crippen molar-refractivity contribution in [1.82, 2.24) is 5.32 Å². The minimum atomic E-state index is -0.328. The number of anilines is 1. The number of hydrogen-bond acceptors (Lipinski definition) is 3. The van der Waals surface area contributed by atoms with Crippen LogP contribution < -0.4 is 15.4 Å². The highest BCUT2D eigenvalue weighted by atomic mass is 79.9. The Bertz CT molecular complexity index is 1040. The van der Waals surface area contributed by atoms with Gasteiger partial charge in [-0.1, -0.05) is 58.4 Å². The molecule has 0 aromatic heterocycles. The number of ether oxygens (including phenoxy) is 1. The minimum absolute atomic E-state index is 0.146. The highest BCUT2D eigenvalue weighted by Gasteiger charge is 2.14. The molecular weight excluding hydrogens is 456 g/mol. The van der Waals surface area contributed by atoms with Crippen molar-refractivity contribution in [2.75, 3.05) is 18.5 Å². The third kappa shape index (κ3) is 6.43. The second-order valence-corrected chi connectivity index (χ2v) is 8.16. The molecule has 0 saturated heterocycles. The average molecular weight is 481 g/mol. The summed E-state index contributed by atoms with van der Waals surface area (Å²) in [5.74, 6) is 0.129. The molecule has 2 N–H and O–H groups in total. The number of hydrogen-bond donors (Lipinski definition) is 2. The monoisotopic (exact) mass is 480 g/mol. The van der Waals surface area contributed by atoms with Gasteiger partial charge in [-0.3, -0.25) is 9.59 Å². The zero-order chi connectivity index (χ0) is 22.2. The van der Waals surface area contributed by atoms with Gasteiger partial charge in [0.2, 0.25) is 0 Å². The normalized spacial score (nSPS) is 10.4. The van der Waals surface area contributed by atoms with Crippen LogP contribution >= 0.6 is 15.9 Å². The second kappa shape index (κ2) is 10.8. The maximum atomic E-state index is 12.6. The molecule has 6 heteroatoms. The van der Waals surface area contributed by atoms with Gasteiger partial charge in [-0.15, -0.1) is 0 Å². The van der Waals surface area contributed by atoms with E-state index in [-0.39, 0.29) is 18.4 Å². The van der Waals surface area contributed by atoms with Crippen molar-refractivity contribution in [3.63, 3.8) is 0 Å². The summed E-state index contributed by atoms with van der Waals surface area (Å²) in [5.41, 5.74) is 3.91. The van der Waals surface area contributed by atoms with Crippen molar-refractivity contribution < 1.29 is 14.3 Å². The van der Waals surface area contributed by atoms with Gasteiger partial charge < -0.3 is 15.4 Å². The van der Waals surface area contributed by atoms with Gasteiger partial charge in [0.25, 0.3) is 11.8 Å². The lowest BCUT2D eigenvalue weighted by Crippen LogP contribution is -2.28. The van der Waals surface area contributed by atoms with Crippen LogP contribution in [0, 0.1) is 13.8 Å². The SMILES string of the molecule is Cc1cc(Br)cc(C)c1OCC(=O)Nc1ccccc1C(=O)NCCc1ccccc1. The topological polar surface area (TPSA) is 67.4 Å². The summed E-state index contributed by atoms with van der Waals surface area (Å²) in [6.45, 7) is 4.23. The Morgan fingerprint density at radius 2 is 1.58 bits per heavy atom. The van der Waals surface area contributed by atoms with E-state index in [1.54, 1.807) is 24.3 Å². The largest absolute Gasteiger partial charge is 0.483 e. The first-order chi connectivity index (χ1) is 14.9. The maximum absolute atomic E-state index is 12.6. The molecule has 0 unspecified atom stereocenters. The zero-order valence-corrected chi connectivity index (χ0v) is 19.2. The van der Waals surface area contributed by atoms with E-state index in [0.29, 0.717) is 23.5 Å². The predicted molar refractivity (Wildman–Crippen MR) is 127 cm³/mol. The molecule has 2 amide bonds. The van der Waals surface area contributed by atoms with Crippen molar-refractivity contribution in [3.8, 4) is 5.75 Å². The van der Waals surface area contributed by atoms with Crippen LogP contribution in [0.15, 0.2) is 71.2 Å². The van der Waals surface area contributed by atoms with Crippen LogP contribution in [0.2, 0.25) is 0 Å². The van der Waals surface area contributed by atoms with Crippen molar-refractivity contribution in [3.05, 3.63) is 93.5 Å². The van der Waals surface area contributed by atoms with Crippen LogP contribution in [0.3, 0.4) is 0 Å². The number of aryl methyl sites for hydroxylation is 2. The number of halogens is 1. The minimum Gasteiger partial charge on any atom is -0.483 e. The Balaban J connectivity index is 1.58. The fourth-order valence-electron chi connectivity index (χ4n) is 3.30. The first-order valence-corrected chi connectivity index (χ1v) is 10.8. The standard InChI is InChI=1S/C25H25BrN2O3/c1-17-14-20(26)15-18(2)24(17)31-16-23(29)28-22-11-7-6-10-21(22)25(30)27-13-12-19-8-4-3-5-9-19/h3-11,14-15H,12-13,16H2,1-2H3,(H,27,30)(H,28,29). The van der Waals surface area contributed by atoms with E-state index in [0.717, 1.165) is 27.6 Å². The number of benzene rings is 3. The highest BCUT2D eigenvalue weighted by Crippen LogP contribution is 2.27. The molecule has 3 rings (SSSR count). The molecule has 0 atom stereocenters. The molecule has 31 heavy (non-hydrogen) atoms. The van der Waals surface area contributed by atoms with Crippen molar-refractivity contribution in [2.45, 2.75) is 20.3 Å². The molecule has 160 valence electrons. The van der Waals surface area contributed by atoms with Gasteiger partial charge in [0, 0.05) is 11.0 Å². The van der Waals surface area contributed by atoms with Gasteiger partial charge in [0.1, 0.15) is 5.75 Å². The summed E-state index contributed by atoms with van der Waals surface area (Å²) >= 11 is 3.45. The third-order valence-corrected chi connectivity index (χ3v) is 5.22. The predicted octanol–water partition coefficient (Wildman–Crippen LogP) is 5.06. The van der Waals surface area contributed by atoms with Gasteiger partial charge in [-0.2, -0.15) is 0 Å². The summed E-state index contributed by atoms with van der Waals surface area (Å²) < 4.78 is 6.70. The van der Waals surface area contributed by atoms with Gasteiger partial charge in [-0.25, -0.2) is 0 Å². The lowest BCUT2D eigenvalue weighted by molar-refractivity contribution is -0.118. The average Bonchev–Trinajstić information content (AvgIpc) is 2.74. The number of para-hydroxylation sites is 1. The van der Waals surface area contributed by atoms with E-state index in [4.69, 9.17) is 4.74 Å². The van der Waals surface area contributed by atoms with Crippen LogP contribution in [0.5, 0.6) is 5.75 Å². The zero-order valence-electron chi connectivity index (χ0n) is 17.6. The van der Waals surface area contributed by atoms with E-state index in [1.807, 2.05) is 56.3 Å². The summed E-state index contributed by atoms with van der Waals surface area (Å²) in [6, 6.07) is 20.8.